The van der Waals surface area contributed by atoms with Crippen LogP contribution in [-0.2, 0) is 4.79 Å². The molecule has 0 radical (unpaired) electrons. The second-order valence-corrected chi connectivity index (χ2v) is 5.78. The molecular formula is C11H17N3O2S2. The van der Waals surface area contributed by atoms with E-state index in [2.05, 4.69) is 15.6 Å². The van der Waals surface area contributed by atoms with Crippen LogP contribution in [0.4, 0.5) is 4.79 Å². The predicted octanol–water partition coefficient (Wildman–Crippen LogP) is 2.17. The van der Waals surface area contributed by atoms with E-state index in [9.17, 15) is 9.59 Å². The van der Waals surface area contributed by atoms with Crippen LogP contribution >= 0.6 is 23.1 Å². The van der Waals surface area contributed by atoms with Crippen molar-refractivity contribution in [3.05, 3.63) is 11.1 Å². The first-order valence-corrected chi connectivity index (χ1v) is 7.61. The van der Waals surface area contributed by atoms with Crippen molar-refractivity contribution in [2.24, 2.45) is 0 Å². The van der Waals surface area contributed by atoms with E-state index in [-0.39, 0.29) is 11.7 Å². The van der Waals surface area contributed by atoms with Crippen molar-refractivity contribution in [3.8, 4) is 0 Å². The lowest BCUT2D eigenvalue weighted by Crippen LogP contribution is -2.40. The van der Waals surface area contributed by atoms with Gasteiger partial charge >= 0.3 is 6.03 Å². The number of nitrogens with zero attached hydrogens (tertiary/aromatic N) is 1. The highest BCUT2D eigenvalue weighted by molar-refractivity contribution is 8.01. The SMILES string of the molecule is CCCCNC(=O)NC(=O)CSc1nc(C)cs1. The Morgan fingerprint density at radius 3 is 2.89 bits per heavy atom. The van der Waals surface area contributed by atoms with Crippen molar-refractivity contribution >= 4 is 35.0 Å². The van der Waals surface area contributed by atoms with Crippen molar-refractivity contribution in [1.29, 1.82) is 0 Å². The molecule has 5 nitrogen and oxygen atoms in total. The minimum absolute atomic E-state index is 0.203. The Bertz CT molecular complexity index is 407. The molecule has 2 N–H and O–H groups in total. The third-order valence-electron chi connectivity index (χ3n) is 1.99. The summed E-state index contributed by atoms with van der Waals surface area (Å²) in [6.45, 7) is 4.54. The summed E-state index contributed by atoms with van der Waals surface area (Å²) >= 11 is 2.83. The molecule has 100 valence electrons. The fraction of sp³-hybridized carbons (Fsp3) is 0.545. The molecule has 0 aliphatic heterocycles. The molecule has 0 spiro atoms. The van der Waals surface area contributed by atoms with Gasteiger partial charge in [-0.25, -0.2) is 9.78 Å². The van der Waals surface area contributed by atoms with Gasteiger partial charge in [-0.2, -0.15) is 0 Å². The number of amides is 3. The largest absolute Gasteiger partial charge is 0.338 e. The number of hydrogen-bond donors (Lipinski definition) is 2. The maximum Gasteiger partial charge on any atom is 0.321 e. The zero-order chi connectivity index (χ0) is 13.4. The van der Waals surface area contributed by atoms with E-state index in [0.29, 0.717) is 6.54 Å². The second kappa shape index (κ2) is 8.10. The number of unbranched alkanes of at least 4 members (excludes halogenated alkanes) is 1. The smallest absolute Gasteiger partial charge is 0.321 e. The fourth-order valence-electron chi connectivity index (χ4n) is 1.11. The normalized spacial score (nSPS) is 10.1. The van der Waals surface area contributed by atoms with E-state index in [1.165, 1.54) is 23.1 Å². The summed E-state index contributed by atoms with van der Waals surface area (Å²) in [6.07, 6.45) is 1.92. The lowest BCUT2D eigenvalue weighted by molar-refractivity contribution is -0.117. The van der Waals surface area contributed by atoms with Gasteiger partial charge in [-0.05, 0) is 13.3 Å². The number of nitrogens with one attached hydrogen (secondary N) is 2. The first-order chi connectivity index (χ1) is 8.61. The van der Waals surface area contributed by atoms with Crippen LogP contribution in [0.25, 0.3) is 0 Å². The van der Waals surface area contributed by atoms with Crippen molar-refractivity contribution < 1.29 is 9.59 Å². The average Bonchev–Trinajstić information content (AvgIpc) is 2.73. The topological polar surface area (TPSA) is 71.1 Å². The van der Waals surface area contributed by atoms with Gasteiger partial charge in [0.05, 0.1) is 5.75 Å². The van der Waals surface area contributed by atoms with Crippen LogP contribution in [0.5, 0.6) is 0 Å². The number of aryl methyl sites for hydroxylation is 1. The maximum atomic E-state index is 11.5. The Kier molecular flexibility index (Phi) is 6.74. The van der Waals surface area contributed by atoms with Crippen molar-refractivity contribution in [2.75, 3.05) is 12.3 Å². The Labute approximate surface area is 115 Å². The summed E-state index contributed by atoms with van der Waals surface area (Å²) < 4.78 is 0.842. The highest BCUT2D eigenvalue weighted by atomic mass is 32.2. The van der Waals surface area contributed by atoms with Gasteiger partial charge in [0, 0.05) is 17.6 Å². The number of imide groups is 1. The minimum Gasteiger partial charge on any atom is -0.338 e. The summed E-state index contributed by atoms with van der Waals surface area (Å²) in [5.74, 6) is -0.101. The van der Waals surface area contributed by atoms with Gasteiger partial charge in [0.1, 0.15) is 0 Å². The fourth-order valence-corrected chi connectivity index (χ4v) is 2.76. The number of thioether (sulfide) groups is 1. The lowest BCUT2D eigenvalue weighted by atomic mass is 10.3. The quantitative estimate of drug-likeness (QED) is 0.621. The number of thiazole rings is 1. The molecule has 1 aromatic rings. The summed E-state index contributed by atoms with van der Waals surface area (Å²) in [4.78, 5) is 27.0. The van der Waals surface area contributed by atoms with Crippen molar-refractivity contribution in [3.63, 3.8) is 0 Å². The van der Waals surface area contributed by atoms with E-state index in [4.69, 9.17) is 0 Å². The molecule has 7 heteroatoms. The summed E-state index contributed by atoms with van der Waals surface area (Å²) in [6, 6.07) is -0.427. The molecule has 1 heterocycles. The van der Waals surface area contributed by atoms with Gasteiger partial charge in [-0.1, -0.05) is 25.1 Å². The number of aromatic nitrogens is 1. The molecule has 0 unspecified atom stereocenters. The third-order valence-corrected chi connectivity index (χ3v) is 4.13. The van der Waals surface area contributed by atoms with Crippen LogP contribution in [0, 0.1) is 6.92 Å². The Morgan fingerprint density at radius 2 is 2.28 bits per heavy atom. The van der Waals surface area contributed by atoms with Gasteiger partial charge in [-0.3, -0.25) is 10.1 Å². The standard InChI is InChI=1S/C11H17N3O2S2/c1-3-4-5-12-10(16)14-9(15)7-18-11-13-8(2)6-17-11/h6H,3-5,7H2,1-2H3,(H2,12,14,15,16). The predicted molar refractivity (Wildman–Crippen MR) is 74.0 cm³/mol. The first-order valence-electron chi connectivity index (χ1n) is 5.74. The maximum absolute atomic E-state index is 11.5. The van der Waals surface area contributed by atoms with Crippen LogP contribution in [-0.4, -0.2) is 29.2 Å². The molecule has 0 saturated heterocycles. The van der Waals surface area contributed by atoms with E-state index >= 15 is 0 Å². The van der Waals surface area contributed by atoms with E-state index in [0.717, 1.165) is 22.9 Å². The number of urea groups is 1. The number of carbonyl (C=O) groups excluding carboxylic acids is 2. The Balaban J connectivity index is 2.19. The molecule has 0 aliphatic rings. The Hall–Kier alpha value is -1.08. The Morgan fingerprint density at radius 1 is 1.50 bits per heavy atom. The average molecular weight is 287 g/mol. The molecule has 0 fully saturated rings. The molecule has 18 heavy (non-hydrogen) atoms. The van der Waals surface area contributed by atoms with Crippen LogP contribution in [0.1, 0.15) is 25.5 Å². The van der Waals surface area contributed by atoms with Crippen LogP contribution < -0.4 is 10.6 Å². The summed E-state index contributed by atoms with van der Waals surface area (Å²) in [5, 5.41) is 6.83. The number of carbonyl (C=O) groups is 2. The van der Waals surface area contributed by atoms with Crippen molar-refractivity contribution in [1.82, 2.24) is 15.6 Å². The zero-order valence-electron chi connectivity index (χ0n) is 10.5. The molecule has 0 aliphatic carbocycles. The van der Waals surface area contributed by atoms with Crippen molar-refractivity contribution in [2.45, 2.75) is 31.0 Å². The zero-order valence-corrected chi connectivity index (χ0v) is 12.1. The number of rotatable bonds is 6. The van der Waals surface area contributed by atoms with E-state index < -0.39 is 6.03 Å². The molecule has 1 aromatic heterocycles. The highest BCUT2D eigenvalue weighted by Crippen LogP contribution is 2.21. The minimum atomic E-state index is -0.427. The molecule has 0 bridgehead atoms. The monoisotopic (exact) mass is 287 g/mol. The number of hydrogen-bond acceptors (Lipinski definition) is 5. The van der Waals surface area contributed by atoms with Gasteiger partial charge in [-0.15, -0.1) is 11.3 Å². The van der Waals surface area contributed by atoms with Crippen LogP contribution in [0.15, 0.2) is 9.72 Å². The second-order valence-electron chi connectivity index (χ2n) is 3.70. The van der Waals surface area contributed by atoms with E-state index in [1.807, 2.05) is 19.2 Å². The first kappa shape index (κ1) is 15.0. The van der Waals surface area contributed by atoms with Gasteiger partial charge in [0.25, 0.3) is 0 Å². The summed E-state index contributed by atoms with van der Waals surface area (Å²) in [5.41, 5.74) is 0.945. The molecule has 0 aromatic carbocycles. The molecular weight excluding hydrogens is 270 g/mol. The molecule has 1 rings (SSSR count). The third kappa shape index (κ3) is 6.02. The lowest BCUT2D eigenvalue weighted by Gasteiger charge is -2.05. The molecule has 0 atom stereocenters. The molecule has 0 saturated carbocycles. The van der Waals surface area contributed by atoms with E-state index in [1.54, 1.807) is 0 Å². The highest BCUT2D eigenvalue weighted by Gasteiger charge is 2.08. The summed E-state index contributed by atoms with van der Waals surface area (Å²) in [7, 11) is 0. The van der Waals surface area contributed by atoms with Gasteiger partial charge in [0.2, 0.25) is 5.91 Å². The van der Waals surface area contributed by atoms with Crippen LogP contribution in [0.3, 0.4) is 0 Å². The molecule has 3 amide bonds. The van der Waals surface area contributed by atoms with Crippen LogP contribution in [0.2, 0.25) is 0 Å². The van der Waals surface area contributed by atoms with Gasteiger partial charge in [0.15, 0.2) is 4.34 Å². The van der Waals surface area contributed by atoms with Gasteiger partial charge < -0.3 is 5.32 Å².